The number of rotatable bonds is 5. The lowest BCUT2D eigenvalue weighted by molar-refractivity contribution is -0.276. The summed E-state index contributed by atoms with van der Waals surface area (Å²) >= 11 is 0. The highest BCUT2D eigenvalue weighted by molar-refractivity contribution is 5.40. The van der Waals surface area contributed by atoms with Crippen molar-refractivity contribution in [1.29, 1.82) is 0 Å². The van der Waals surface area contributed by atoms with Crippen molar-refractivity contribution in [3.8, 4) is 5.75 Å². The van der Waals surface area contributed by atoms with Crippen molar-refractivity contribution in [3.63, 3.8) is 0 Å². The van der Waals surface area contributed by atoms with Crippen LogP contribution in [0.25, 0.3) is 0 Å². The van der Waals surface area contributed by atoms with Crippen molar-refractivity contribution in [1.82, 2.24) is 0 Å². The van der Waals surface area contributed by atoms with Gasteiger partial charge in [0, 0.05) is 6.07 Å². The molecule has 0 heterocycles. The molecule has 8 heteroatoms. The molecule has 0 saturated heterocycles. The summed E-state index contributed by atoms with van der Waals surface area (Å²) in [6.07, 6.45) is 2.65. The minimum absolute atomic E-state index is 0.110. The third-order valence-corrected chi connectivity index (χ3v) is 7.03. The lowest BCUT2D eigenvalue weighted by Crippen LogP contribution is -2.35. The lowest BCUT2D eigenvalue weighted by atomic mass is 9.58. The summed E-state index contributed by atoms with van der Waals surface area (Å²) in [5.74, 6) is -6.54. The molecule has 4 unspecified atom stereocenters. The van der Waals surface area contributed by atoms with Crippen molar-refractivity contribution in [3.05, 3.63) is 76.4 Å². The first-order valence-electron chi connectivity index (χ1n) is 11.5. The Morgan fingerprint density at radius 1 is 0.941 bits per heavy atom. The second-order valence-electron chi connectivity index (χ2n) is 9.11. The van der Waals surface area contributed by atoms with E-state index < -0.39 is 41.3 Å². The number of ether oxygens (including phenoxy) is 1. The van der Waals surface area contributed by atoms with Crippen molar-refractivity contribution in [2.24, 2.45) is 11.8 Å². The van der Waals surface area contributed by atoms with Crippen LogP contribution >= 0.6 is 0 Å². The van der Waals surface area contributed by atoms with E-state index >= 15 is 0 Å². The van der Waals surface area contributed by atoms with Crippen LogP contribution in [0.4, 0.5) is 30.7 Å². The van der Waals surface area contributed by atoms with Gasteiger partial charge in [-0.3, -0.25) is 0 Å². The topological polar surface area (TPSA) is 9.23 Å². The van der Waals surface area contributed by atoms with Crippen LogP contribution in [0.1, 0.15) is 67.6 Å². The SMILES string of the molecule is CCCC=CC1CCC2c3cc(F)cc(F)c3CCC2C1c1cc(F)c(OC(F)(F)F)c(F)c1. The highest BCUT2D eigenvalue weighted by atomic mass is 19.4. The van der Waals surface area contributed by atoms with Gasteiger partial charge in [0.15, 0.2) is 11.6 Å². The maximum Gasteiger partial charge on any atom is 0.573 e. The van der Waals surface area contributed by atoms with Crippen molar-refractivity contribution in [2.45, 2.75) is 63.6 Å². The van der Waals surface area contributed by atoms with Crippen LogP contribution in [0.15, 0.2) is 36.4 Å². The number of benzene rings is 2. The average Bonchev–Trinajstić information content (AvgIpc) is 2.75. The number of alkyl halides is 3. The first kappa shape index (κ1) is 24.6. The number of allylic oxidation sites excluding steroid dienone is 2. The van der Waals surface area contributed by atoms with Crippen molar-refractivity contribution in [2.75, 3.05) is 0 Å². The summed E-state index contributed by atoms with van der Waals surface area (Å²) in [7, 11) is 0. The molecule has 2 aliphatic rings. The zero-order valence-electron chi connectivity index (χ0n) is 18.6. The van der Waals surface area contributed by atoms with Gasteiger partial charge in [-0.1, -0.05) is 25.5 Å². The summed E-state index contributed by atoms with van der Waals surface area (Å²) in [6.45, 7) is 2.02. The largest absolute Gasteiger partial charge is 0.573 e. The van der Waals surface area contributed by atoms with Gasteiger partial charge in [-0.15, -0.1) is 13.2 Å². The highest BCUT2D eigenvalue weighted by Crippen LogP contribution is 2.55. The third kappa shape index (κ3) is 4.96. The zero-order valence-corrected chi connectivity index (χ0v) is 18.6. The summed E-state index contributed by atoms with van der Waals surface area (Å²) in [5, 5.41) is 0. The van der Waals surface area contributed by atoms with Crippen molar-refractivity contribution < 1.29 is 35.5 Å². The lowest BCUT2D eigenvalue weighted by Gasteiger charge is -2.46. The van der Waals surface area contributed by atoms with Gasteiger partial charge in [-0.05, 0) is 90.7 Å². The molecular formula is C26H25F7O. The maximum absolute atomic E-state index is 14.6. The van der Waals surface area contributed by atoms with Crippen LogP contribution in [-0.4, -0.2) is 6.36 Å². The standard InChI is InChI=1S/C26H25F7O/c1-2-3-4-5-14-6-7-17-19(9-8-18-20(17)12-16(27)13-21(18)28)24(14)15-10-22(29)25(23(30)11-15)34-26(31,32)33/h4-5,10-14,17,19,24H,2-3,6-9H2,1H3. The fourth-order valence-corrected chi connectivity index (χ4v) is 5.76. The quantitative estimate of drug-likeness (QED) is 0.305. The molecule has 1 nitrogen and oxygen atoms in total. The molecule has 0 bridgehead atoms. The van der Waals surface area contributed by atoms with Gasteiger partial charge >= 0.3 is 6.36 Å². The Labute approximate surface area is 193 Å². The van der Waals surface area contributed by atoms with E-state index in [1.807, 2.05) is 19.1 Å². The number of unbranched alkanes of at least 4 members (excludes halogenated alkanes) is 1. The normalized spacial score (nSPS) is 24.7. The first-order chi connectivity index (χ1) is 16.1. The fraction of sp³-hybridized carbons (Fsp3) is 0.462. The predicted octanol–water partition coefficient (Wildman–Crippen LogP) is 8.34. The first-order valence-corrected chi connectivity index (χ1v) is 11.5. The second kappa shape index (κ2) is 9.62. The van der Waals surface area contributed by atoms with Crippen LogP contribution in [0, 0.1) is 35.1 Å². The Bertz CT molecular complexity index is 1050. The molecule has 0 radical (unpaired) electrons. The average molecular weight is 486 g/mol. The summed E-state index contributed by atoms with van der Waals surface area (Å²) < 4.78 is 99.0. The molecule has 4 atom stereocenters. The molecule has 0 N–H and O–H groups in total. The Morgan fingerprint density at radius 3 is 2.29 bits per heavy atom. The van der Waals surface area contributed by atoms with Crippen LogP contribution in [0.5, 0.6) is 5.75 Å². The van der Waals surface area contributed by atoms with E-state index in [1.165, 1.54) is 6.07 Å². The van der Waals surface area contributed by atoms with E-state index in [0.29, 0.717) is 36.8 Å². The summed E-state index contributed by atoms with van der Waals surface area (Å²) in [4.78, 5) is 0. The van der Waals surface area contributed by atoms with Gasteiger partial charge in [-0.25, -0.2) is 17.6 Å². The van der Waals surface area contributed by atoms with Crippen LogP contribution in [0.2, 0.25) is 0 Å². The Hall–Kier alpha value is -2.51. The molecule has 34 heavy (non-hydrogen) atoms. The van der Waals surface area contributed by atoms with E-state index in [1.54, 1.807) is 0 Å². The Kier molecular flexibility index (Phi) is 6.97. The van der Waals surface area contributed by atoms with E-state index in [-0.39, 0.29) is 23.3 Å². The molecule has 4 rings (SSSR count). The second-order valence-corrected chi connectivity index (χ2v) is 9.11. The molecule has 0 spiro atoms. The minimum Gasteiger partial charge on any atom is -0.399 e. The molecule has 1 fully saturated rings. The minimum atomic E-state index is -5.23. The predicted molar refractivity (Wildman–Crippen MR) is 113 cm³/mol. The van der Waals surface area contributed by atoms with E-state index in [2.05, 4.69) is 4.74 Å². The van der Waals surface area contributed by atoms with Gasteiger partial charge in [-0.2, -0.15) is 0 Å². The molecule has 2 aromatic carbocycles. The number of hydrogen-bond donors (Lipinski definition) is 0. The summed E-state index contributed by atoms with van der Waals surface area (Å²) in [6, 6.07) is 4.00. The highest BCUT2D eigenvalue weighted by Gasteiger charge is 2.44. The van der Waals surface area contributed by atoms with Gasteiger partial charge in [0.05, 0.1) is 0 Å². The fourth-order valence-electron chi connectivity index (χ4n) is 5.76. The number of fused-ring (bicyclic) bond motifs is 3. The van der Waals surface area contributed by atoms with Gasteiger partial charge in [0.2, 0.25) is 5.75 Å². The molecular weight excluding hydrogens is 461 g/mol. The monoisotopic (exact) mass is 486 g/mol. The summed E-state index contributed by atoms with van der Waals surface area (Å²) in [5.41, 5.74) is 1.27. The van der Waals surface area contributed by atoms with Crippen molar-refractivity contribution >= 4 is 0 Å². The van der Waals surface area contributed by atoms with Crippen LogP contribution in [-0.2, 0) is 6.42 Å². The third-order valence-electron chi connectivity index (χ3n) is 7.03. The van der Waals surface area contributed by atoms with E-state index in [0.717, 1.165) is 31.0 Å². The van der Waals surface area contributed by atoms with Gasteiger partial charge in [0.25, 0.3) is 0 Å². The Morgan fingerprint density at radius 2 is 1.65 bits per heavy atom. The molecule has 2 aliphatic carbocycles. The number of halogens is 7. The van der Waals surface area contributed by atoms with Crippen LogP contribution < -0.4 is 4.74 Å². The van der Waals surface area contributed by atoms with E-state index in [9.17, 15) is 30.7 Å². The van der Waals surface area contributed by atoms with E-state index in [4.69, 9.17) is 0 Å². The maximum atomic E-state index is 14.6. The molecule has 1 saturated carbocycles. The zero-order chi connectivity index (χ0) is 24.6. The smallest absolute Gasteiger partial charge is 0.399 e. The number of hydrogen-bond acceptors (Lipinski definition) is 1. The molecule has 0 amide bonds. The van der Waals surface area contributed by atoms with Crippen LogP contribution in [0.3, 0.4) is 0 Å². The molecule has 2 aromatic rings. The molecule has 0 aliphatic heterocycles. The van der Waals surface area contributed by atoms with Gasteiger partial charge < -0.3 is 4.74 Å². The Balaban J connectivity index is 1.76. The van der Waals surface area contributed by atoms with Gasteiger partial charge in [0.1, 0.15) is 11.6 Å². The molecule has 0 aromatic heterocycles. The molecule has 184 valence electrons.